The maximum absolute atomic E-state index is 11.8. The van der Waals surface area contributed by atoms with Crippen molar-refractivity contribution in [2.45, 2.75) is 39.1 Å². The molecule has 21 heavy (non-hydrogen) atoms. The molecular weight excluding hydrogens is 282 g/mol. The Morgan fingerprint density at radius 3 is 2.33 bits per heavy atom. The van der Waals surface area contributed by atoms with E-state index in [0.29, 0.717) is 22.7 Å². The summed E-state index contributed by atoms with van der Waals surface area (Å²) in [5.74, 6) is -0.0156. The molecule has 0 spiro atoms. The maximum Gasteiger partial charge on any atom is 0.223 e. The lowest BCUT2D eigenvalue weighted by atomic mass is 10.2. The van der Waals surface area contributed by atoms with Crippen LogP contribution < -0.4 is 4.90 Å². The lowest BCUT2D eigenvalue weighted by Gasteiger charge is -2.21. The first-order chi connectivity index (χ1) is 10.2. The lowest BCUT2D eigenvalue weighted by molar-refractivity contribution is -0.116. The van der Waals surface area contributed by atoms with Gasteiger partial charge < -0.3 is 14.4 Å². The second kappa shape index (κ2) is 10.5. The van der Waals surface area contributed by atoms with E-state index in [1.54, 1.807) is 6.92 Å². The first-order valence-electron chi connectivity index (χ1n) is 7.48. The predicted octanol–water partition coefficient (Wildman–Crippen LogP) is 2.91. The molecule has 0 heterocycles. The van der Waals surface area contributed by atoms with Crippen molar-refractivity contribution in [2.24, 2.45) is 0 Å². The van der Waals surface area contributed by atoms with Gasteiger partial charge in [-0.3, -0.25) is 4.79 Å². The number of nitrogens with zero attached hydrogens (tertiary/aromatic N) is 1. The molecular formula is C16H25NO3Si. The molecule has 4 nitrogen and oxygen atoms in total. The van der Waals surface area contributed by atoms with Gasteiger partial charge in [-0.2, -0.15) is 0 Å². The minimum absolute atomic E-state index is 0.0794. The number of para-hydroxylation sites is 1. The van der Waals surface area contributed by atoms with Gasteiger partial charge in [-0.25, -0.2) is 0 Å². The van der Waals surface area contributed by atoms with E-state index in [1.807, 2.05) is 49.1 Å². The Morgan fingerprint density at radius 1 is 1.19 bits per heavy atom. The number of rotatable bonds is 10. The zero-order valence-corrected chi connectivity index (χ0v) is 14.2. The zero-order chi connectivity index (χ0) is 15.5. The van der Waals surface area contributed by atoms with Gasteiger partial charge in [0, 0.05) is 32.4 Å². The molecule has 5 heteroatoms. The fourth-order valence-electron chi connectivity index (χ4n) is 2.00. The molecule has 0 bridgehead atoms. The van der Waals surface area contributed by atoms with Crippen LogP contribution in [-0.4, -0.2) is 41.1 Å². The van der Waals surface area contributed by atoms with Crippen LogP contribution in [-0.2, 0) is 14.3 Å². The Labute approximate surface area is 130 Å². The normalized spacial score (nSPS) is 10.9. The first kappa shape index (κ1) is 17.9. The van der Waals surface area contributed by atoms with E-state index in [0.717, 1.165) is 24.7 Å². The van der Waals surface area contributed by atoms with Gasteiger partial charge in [-0.1, -0.05) is 24.2 Å². The third-order valence-corrected chi connectivity index (χ3v) is 4.26. The summed E-state index contributed by atoms with van der Waals surface area (Å²) >= 11 is 0. The molecule has 1 aromatic carbocycles. The largest absolute Gasteiger partial charge is 0.357 e. The maximum atomic E-state index is 11.8. The molecule has 1 rings (SSSR count). The fraction of sp³-hybridized carbons (Fsp3) is 0.562. The average Bonchev–Trinajstić information content (AvgIpc) is 2.48. The van der Waals surface area contributed by atoms with Crippen molar-refractivity contribution in [1.29, 1.82) is 0 Å². The van der Waals surface area contributed by atoms with Crippen molar-refractivity contribution in [3.05, 3.63) is 30.3 Å². The predicted molar refractivity (Wildman–Crippen MR) is 86.7 cm³/mol. The monoisotopic (exact) mass is 307 g/mol. The highest BCUT2D eigenvalue weighted by Crippen LogP contribution is 2.14. The molecule has 0 aliphatic rings. The van der Waals surface area contributed by atoms with Gasteiger partial charge in [-0.15, -0.1) is 0 Å². The number of anilines is 1. The van der Waals surface area contributed by atoms with E-state index in [-0.39, 0.29) is 11.8 Å². The van der Waals surface area contributed by atoms with Crippen molar-refractivity contribution in [3.8, 4) is 0 Å². The lowest BCUT2D eigenvalue weighted by Crippen LogP contribution is -2.30. The highest BCUT2D eigenvalue weighted by Gasteiger charge is 2.12. The Morgan fingerprint density at radius 2 is 1.81 bits per heavy atom. The van der Waals surface area contributed by atoms with Crippen LogP contribution >= 0.6 is 0 Å². The second-order valence-corrected chi connectivity index (χ2v) is 5.94. The molecule has 1 amide bonds. The smallest absolute Gasteiger partial charge is 0.223 e. The number of hydrogen-bond acceptors (Lipinski definition) is 3. The second-order valence-electron chi connectivity index (χ2n) is 4.56. The van der Waals surface area contributed by atoms with Crippen LogP contribution in [0.15, 0.2) is 30.3 Å². The van der Waals surface area contributed by atoms with Crippen molar-refractivity contribution in [1.82, 2.24) is 0 Å². The van der Waals surface area contributed by atoms with Gasteiger partial charge in [0.05, 0.1) is 0 Å². The molecule has 0 aliphatic heterocycles. The van der Waals surface area contributed by atoms with E-state index in [2.05, 4.69) is 0 Å². The van der Waals surface area contributed by atoms with Crippen LogP contribution in [0.25, 0.3) is 0 Å². The summed E-state index contributed by atoms with van der Waals surface area (Å²) in [6.45, 7) is 7.63. The van der Waals surface area contributed by atoms with Gasteiger partial charge in [0.1, 0.15) is 15.4 Å². The average molecular weight is 307 g/mol. The highest BCUT2D eigenvalue weighted by atomic mass is 28.2. The van der Waals surface area contributed by atoms with Crippen LogP contribution in [0.5, 0.6) is 0 Å². The molecule has 0 unspecified atom stereocenters. The minimum atomic E-state index is -0.0949. The molecule has 2 radical (unpaired) electrons. The summed E-state index contributed by atoms with van der Waals surface area (Å²) in [5, 5.41) is 0. The van der Waals surface area contributed by atoms with E-state index in [4.69, 9.17) is 9.47 Å². The van der Waals surface area contributed by atoms with Gasteiger partial charge >= 0.3 is 0 Å². The van der Waals surface area contributed by atoms with Gasteiger partial charge in [0.15, 0.2) is 0 Å². The van der Waals surface area contributed by atoms with E-state index >= 15 is 0 Å². The molecule has 0 aromatic heterocycles. The third kappa shape index (κ3) is 6.88. The topological polar surface area (TPSA) is 38.8 Å². The van der Waals surface area contributed by atoms with Gasteiger partial charge in [0.25, 0.3) is 0 Å². The van der Waals surface area contributed by atoms with Crippen molar-refractivity contribution >= 4 is 21.1 Å². The molecule has 116 valence electrons. The Hall–Kier alpha value is -1.17. The van der Waals surface area contributed by atoms with Crippen molar-refractivity contribution in [3.63, 3.8) is 0 Å². The van der Waals surface area contributed by atoms with Crippen LogP contribution in [0, 0.1) is 0 Å². The summed E-state index contributed by atoms with van der Waals surface area (Å²) < 4.78 is 11.1. The first-order valence-corrected chi connectivity index (χ1v) is 8.77. The summed E-state index contributed by atoms with van der Waals surface area (Å²) in [6, 6.07) is 10.8. The fourth-order valence-corrected chi connectivity index (χ4v) is 3.17. The molecule has 0 atom stereocenters. The summed E-state index contributed by atoms with van der Waals surface area (Å²) in [5.41, 5.74) is 0.958. The Bertz CT molecular complexity index is 394. The Kier molecular flexibility index (Phi) is 8.97. The van der Waals surface area contributed by atoms with Gasteiger partial charge in [0.2, 0.25) is 5.91 Å². The number of carbonyl (C=O) groups is 1. The minimum Gasteiger partial charge on any atom is -0.357 e. The summed E-state index contributed by atoms with van der Waals surface area (Å²) in [7, 11) is 0.605. The molecule has 0 N–H and O–H groups in total. The molecule has 0 saturated heterocycles. The van der Waals surface area contributed by atoms with Crippen LogP contribution in [0.1, 0.15) is 27.2 Å². The van der Waals surface area contributed by atoms with Crippen molar-refractivity contribution < 1.29 is 14.3 Å². The number of carbonyl (C=O) groups excluding carboxylic acids is 1. The van der Waals surface area contributed by atoms with E-state index < -0.39 is 0 Å². The highest BCUT2D eigenvalue weighted by molar-refractivity contribution is 6.36. The van der Waals surface area contributed by atoms with Crippen LogP contribution in [0.3, 0.4) is 0 Å². The third-order valence-electron chi connectivity index (χ3n) is 2.95. The number of benzene rings is 1. The molecule has 0 fully saturated rings. The zero-order valence-electron chi connectivity index (χ0n) is 13.2. The van der Waals surface area contributed by atoms with E-state index in [1.165, 1.54) is 0 Å². The van der Waals surface area contributed by atoms with Crippen LogP contribution in [0.2, 0.25) is 6.04 Å². The Balaban J connectivity index is 2.39. The number of hydrogen-bond donors (Lipinski definition) is 0. The van der Waals surface area contributed by atoms with E-state index in [9.17, 15) is 4.79 Å². The van der Waals surface area contributed by atoms with Crippen molar-refractivity contribution in [2.75, 3.05) is 24.7 Å². The standard InChI is InChI=1S/C16H25NO3Si/c1-4-19-16(20-5-2)21-13-9-12-17(14(3)18)15-10-7-6-8-11-15/h6-8,10-11,16H,4-5,9,12-13H2,1-3H3. The summed E-state index contributed by atoms with van der Waals surface area (Å²) in [6.07, 6.45) is 0.948. The SMILES string of the molecule is CCOC(OCC)[Si]CCCN(C(C)=O)c1ccccc1. The number of amides is 1. The van der Waals surface area contributed by atoms with Gasteiger partial charge in [-0.05, 0) is 32.4 Å². The van der Waals surface area contributed by atoms with Crippen LogP contribution in [0.4, 0.5) is 5.69 Å². The molecule has 1 aromatic rings. The quantitative estimate of drug-likeness (QED) is 0.379. The molecule has 0 aliphatic carbocycles. The molecule has 0 saturated carbocycles. The number of ether oxygens (including phenoxy) is 2. The summed E-state index contributed by atoms with van der Waals surface area (Å²) in [4.78, 5) is 13.6.